The zero-order valence-electron chi connectivity index (χ0n) is 9.70. The molecule has 0 radical (unpaired) electrons. The number of hydrogen-bond acceptors (Lipinski definition) is 4. The minimum atomic E-state index is -4.79. The summed E-state index contributed by atoms with van der Waals surface area (Å²) >= 11 is 0. The highest BCUT2D eigenvalue weighted by atomic mass is 19.4. The van der Waals surface area contributed by atoms with E-state index >= 15 is 0 Å². The minimum absolute atomic E-state index is 0.0203. The molecule has 2 rings (SSSR count). The highest BCUT2D eigenvalue weighted by molar-refractivity contribution is 5.54. The van der Waals surface area contributed by atoms with Crippen molar-refractivity contribution >= 4 is 0 Å². The first-order chi connectivity index (χ1) is 8.79. The van der Waals surface area contributed by atoms with Gasteiger partial charge in [0.2, 0.25) is 0 Å². The Morgan fingerprint density at radius 3 is 2.53 bits per heavy atom. The molecule has 19 heavy (non-hydrogen) atoms. The number of halogens is 4. The lowest BCUT2D eigenvalue weighted by Crippen LogP contribution is -2.08. The molecule has 1 heterocycles. The van der Waals surface area contributed by atoms with E-state index in [1.54, 1.807) is 6.92 Å². The smallest absolute Gasteiger partial charge is 0.334 e. The average Bonchev–Trinajstić information content (AvgIpc) is 2.77. The van der Waals surface area contributed by atoms with E-state index in [9.17, 15) is 17.6 Å². The van der Waals surface area contributed by atoms with E-state index < -0.39 is 23.6 Å². The molecule has 0 bridgehead atoms. The van der Waals surface area contributed by atoms with Crippen LogP contribution in [-0.4, -0.2) is 10.1 Å². The maximum absolute atomic E-state index is 13.1. The number of nitrogens with two attached hydrogens (primary N) is 1. The molecule has 2 N–H and O–H groups in total. The van der Waals surface area contributed by atoms with E-state index in [-0.39, 0.29) is 17.3 Å². The molecule has 0 aliphatic heterocycles. The van der Waals surface area contributed by atoms with E-state index in [4.69, 9.17) is 10.3 Å². The monoisotopic (exact) mass is 275 g/mol. The Morgan fingerprint density at radius 1 is 1.32 bits per heavy atom. The number of hydrogen-bond donors (Lipinski definition) is 1. The summed E-state index contributed by atoms with van der Waals surface area (Å²) in [6, 6.07) is 1.94. The van der Waals surface area contributed by atoms with Crippen LogP contribution in [0, 0.1) is 5.82 Å². The fraction of sp³-hybridized carbons (Fsp3) is 0.273. The van der Waals surface area contributed by atoms with Gasteiger partial charge in [-0.2, -0.15) is 18.2 Å². The summed E-state index contributed by atoms with van der Waals surface area (Å²) in [4.78, 5) is 3.84. The van der Waals surface area contributed by atoms with Crippen LogP contribution in [0.3, 0.4) is 0 Å². The fourth-order valence-electron chi connectivity index (χ4n) is 1.41. The van der Waals surface area contributed by atoms with Gasteiger partial charge in [0.1, 0.15) is 5.82 Å². The molecule has 0 aliphatic rings. The summed E-state index contributed by atoms with van der Waals surface area (Å²) in [5.74, 6) is -1.34. The molecule has 0 aliphatic carbocycles. The topological polar surface area (TPSA) is 64.9 Å². The van der Waals surface area contributed by atoms with E-state index in [0.29, 0.717) is 12.1 Å². The van der Waals surface area contributed by atoms with Crippen molar-refractivity contribution in [1.82, 2.24) is 10.1 Å². The van der Waals surface area contributed by atoms with Gasteiger partial charge in [0.25, 0.3) is 5.89 Å². The first-order valence-corrected chi connectivity index (χ1v) is 5.25. The van der Waals surface area contributed by atoms with Gasteiger partial charge in [-0.25, -0.2) is 4.39 Å². The minimum Gasteiger partial charge on any atom is -0.334 e. The van der Waals surface area contributed by atoms with Gasteiger partial charge in [0.15, 0.2) is 5.82 Å². The standard InChI is InChI=1S/C11H9F4N3O/c1-5(16)9-17-10(19-18-9)6-2-3-8(12)7(4-6)11(13,14)15/h2-5H,16H2,1H3. The lowest BCUT2D eigenvalue weighted by atomic mass is 10.1. The van der Waals surface area contributed by atoms with Crippen molar-refractivity contribution in [3.8, 4) is 11.5 Å². The number of alkyl halides is 3. The first kappa shape index (κ1) is 13.5. The van der Waals surface area contributed by atoms with Gasteiger partial charge in [0.05, 0.1) is 11.6 Å². The number of benzene rings is 1. The van der Waals surface area contributed by atoms with Crippen LogP contribution in [0.1, 0.15) is 24.4 Å². The van der Waals surface area contributed by atoms with Crippen molar-refractivity contribution < 1.29 is 22.1 Å². The predicted molar refractivity (Wildman–Crippen MR) is 57.3 cm³/mol. The Balaban J connectivity index is 2.45. The molecule has 1 aromatic carbocycles. The van der Waals surface area contributed by atoms with E-state index in [2.05, 4.69) is 10.1 Å². The van der Waals surface area contributed by atoms with Gasteiger partial charge in [-0.05, 0) is 25.1 Å². The molecule has 0 fully saturated rings. The van der Waals surface area contributed by atoms with Crippen LogP contribution in [0.4, 0.5) is 17.6 Å². The van der Waals surface area contributed by atoms with Crippen LogP contribution >= 0.6 is 0 Å². The molecule has 2 aromatic rings. The second-order valence-corrected chi connectivity index (χ2v) is 3.94. The summed E-state index contributed by atoms with van der Waals surface area (Å²) in [6.07, 6.45) is -4.79. The Labute approximate surface area is 105 Å². The second kappa shape index (κ2) is 4.61. The van der Waals surface area contributed by atoms with Gasteiger partial charge in [-0.15, -0.1) is 0 Å². The molecule has 4 nitrogen and oxygen atoms in total. The van der Waals surface area contributed by atoms with E-state index in [0.717, 1.165) is 6.07 Å². The fourth-order valence-corrected chi connectivity index (χ4v) is 1.41. The van der Waals surface area contributed by atoms with Crippen LogP contribution in [-0.2, 0) is 6.18 Å². The van der Waals surface area contributed by atoms with Crippen LogP contribution in [0.5, 0.6) is 0 Å². The van der Waals surface area contributed by atoms with Crippen LogP contribution < -0.4 is 5.73 Å². The van der Waals surface area contributed by atoms with E-state index in [1.807, 2.05) is 0 Å². The van der Waals surface area contributed by atoms with Gasteiger partial charge >= 0.3 is 6.18 Å². The highest BCUT2D eigenvalue weighted by Gasteiger charge is 2.34. The third-order valence-electron chi connectivity index (χ3n) is 2.37. The number of rotatable bonds is 2. The lowest BCUT2D eigenvalue weighted by molar-refractivity contribution is -0.139. The van der Waals surface area contributed by atoms with Gasteiger partial charge < -0.3 is 10.3 Å². The highest BCUT2D eigenvalue weighted by Crippen LogP contribution is 2.33. The van der Waals surface area contributed by atoms with Gasteiger partial charge in [0, 0.05) is 5.56 Å². The van der Waals surface area contributed by atoms with Crippen molar-refractivity contribution in [2.75, 3.05) is 0 Å². The van der Waals surface area contributed by atoms with Gasteiger partial charge in [-0.3, -0.25) is 0 Å². The lowest BCUT2D eigenvalue weighted by Gasteiger charge is -2.08. The maximum Gasteiger partial charge on any atom is 0.419 e. The molecule has 1 unspecified atom stereocenters. The summed E-state index contributed by atoms with van der Waals surface area (Å²) in [5.41, 5.74) is 4.10. The Bertz CT molecular complexity index is 592. The molecule has 1 aromatic heterocycles. The van der Waals surface area contributed by atoms with Crippen molar-refractivity contribution in [2.24, 2.45) is 5.73 Å². The SMILES string of the molecule is CC(N)c1noc(-c2ccc(F)c(C(F)(F)F)c2)n1. The van der Waals surface area contributed by atoms with Crippen molar-refractivity contribution in [1.29, 1.82) is 0 Å². The zero-order chi connectivity index (χ0) is 14.2. The third-order valence-corrected chi connectivity index (χ3v) is 2.37. The van der Waals surface area contributed by atoms with Crippen molar-refractivity contribution in [3.05, 3.63) is 35.4 Å². The third kappa shape index (κ3) is 2.73. The van der Waals surface area contributed by atoms with E-state index in [1.165, 1.54) is 0 Å². The molecule has 1 atom stereocenters. The molecule has 0 saturated carbocycles. The summed E-state index contributed by atoms with van der Waals surface area (Å²) < 4.78 is 55.6. The number of nitrogens with zero attached hydrogens (tertiary/aromatic N) is 2. The zero-order valence-corrected chi connectivity index (χ0v) is 9.70. The Kier molecular flexibility index (Phi) is 3.27. The van der Waals surface area contributed by atoms with Crippen LogP contribution in [0.2, 0.25) is 0 Å². The summed E-state index contributed by atoms with van der Waals surface area (Å²) in [7, 11) is 0. The first-order valence-electron chi connectivity index (χ1n) is 5.25. The predicted octanol–water partition coefficient (Wildman–Crippen LogP) is 2.91. The largest absolute Gasteiger partial charge is 0.419 e. The van der Waals surface area contributed by atoms with Crippen molar-refractivity contribution in [2.45, 2.75) is 19.1 Å². The Hall–Kier alpha value is -1.96. The summed E-state index contributed by atoms with van der Waals surface area (Å²) in [5, 5.41) is 3.52. The normalized spacial score (nSPS) is 13.6. The molecule has 102 valence electrons. The molecular formula is C11H9F4N3O. The quantitative estimate of drug-likeness (QED) is 0.856. The molecule has 8 heteroatoms. The molecular weight excluding hydrogens is 266 g/mol. The molecule has 0 amide bonds. The Morgan fingerprint density at radius 2 is 2.00 bits per heavy atom. The average molecular weight is 275 g/mol. The van der Waals surface area contributed by atoms with Gasteiger partial charge in [-0.1, -0.05) is 5.16 Å². The second-order valence-electron chi connectivity index (χ2n) is 3.94. The van der Waals surface area contributed by atoms with Crippen molar-refractivity contribution in [3.63, 3.8) is 0 Å². The van der Waals surface area contributed by atoms with Crippen LogP contribution in [0.15, 0.2) is 22.7 Å². The number of aromatic nitrogens is 2. The molecule has 0 spiro atoms. The maximum atomic E-state index is 13.1. The van der Waals surface area contributed by atoms with Crippen LogP contribution in [0.25, 0.3) is 11.5 Å². The molecule has 0 saturated heterocycles. The summed E-state index contributed by atoms with van der Waals surface area (Å²) in [6.45, 7) is 1.60.